The van der Waals surface area contributed by atoms with E-state index in [0.717, 1.165) is 41.9 Å². The molecular weight excluding hydrogens is 390 g/mol. The standard InChI is InChI=1S/C24H31N5O2/c1-16(2)12-25-24(30)20-11-22(26-21-8-6-5-7-19(20)21)23-15-29(9-10-31-23)14-18-13-28(4)27-17(18)3/h5-8,11,13,16,23H,9-10,12,14-15H2,1-4H3,(H,25,30)/t23-/m0/s1. The number of fused-ring (bicyclic) bond motifs is 1. The van der Waals surface area contributed by atoms with E-state index in [1.54, 1.807) is 0 Å². The van der Waals surface area contributed by atoms with E-state index in [1.165, 1.54) is 5.56 Å². The lowest BCUT2D eigenvalue weighted by atomic mass is 10.0. The molecule has 2 aromatic heterocycles. The van der Waals surface area contributed by atoms with E-state index >= 15 is 0 Å². The Labute approximate surface area is 183 Å². The molecule has 0 unspecified atom stereocenters. The second-order valence-corrected chi connectivity index (χ2v) is 8.72. The van der Waals surface area contributed by atoms with Crippen molar-refractivity contribution < 1.29 is 9.53 Å². The number of aryl methyl sites for hydroxylation is 2. The molecule has 0 radical (unpaired) electrons. The van der Waals surface area contributed by atoms with E-state index < -0.39 is 0 Å². The van der Waals surface area contributed by atoms with Crippen LogP contribution in [-0.2, 0) is 18.3 Å². The van der Waals surface area contributed by atoms with Gasteiger partial charge in [-0.1, -0.05) is 32.0 Å². The summed E-state index contributed by atoms with van der Waals surface area (Å²) in [7, 11) is 1.95. The first-order valence-corrected chi connectivity index (χ1v) is 10.9. The van der Waals surface area contributed by atoms with Crippen LogP contribution in [0, 0.1) is 12.8 Å². The van der Waals surface area contributed by atoms with Crippen LogP contribution in [-0.4, -0.2) is 51.8 Å². The molecule has 1 atom stereocenters. The highest BCUT2D eigenvalue weighted by Gasteiger charge is 2.26. The number of carbonyl (C=O) groups excluding carboxylic acids is 1. The topological polar surface area (TPSA) is 72.3 Å². The van der Waals surface area contributed by atoms with Crippen LogP contribution in [0.15, 0.2) is 36.5 Å². The summed E-state index contributed by atoms with van der Waals surface area (Å²) in [6.07, 6.45) is 1.90. The number of aromatic nitrogens is 3. The molecule has 3 heterocycles. The zero-order chi connectivity index (χ0) is 22.0. The van der Waals surface area contributed by atoms with Crippen molar-refractivity contribution in [3.05, 3.63) is 59.0 Å². The van der Waals surface area contributed by atoms with Crippen molar-refractivity contribution in [1.82, 2.24) is 25.0 Å². The van der Waals surface area contributed by atoms with Crippen LogP contribution in [0.4, 0.5) is 0 Å². The number of ether oxygens (including phenoxy) is 1. The van der Waals surface area contributed by atoms with Gasteiger partial charge in [-0.2, -0.15) is 5.10 Å². The maximum atomic E-state index is 12.9. The summed E-state index contributed by atoms with van der Waals surface area (Å²) in [5.41, 5.74) is 4.56. The number of rotatable bonds is 6. The van der Waals surface area contributed by atoms with Crippen LogP contribution in [0.3, 0.4) is 0 Å². The Hall–Kier alpha value is -2.77. The lowest BCUT2D eigenvalue weighted by molar-refractivity contribution is -0.0349. The Kier molecular flexibility index (Phi) is 6.34. The van der Waals surface area contributed by atoms with Gasteiger partial charge in [0, 0.05) is 50.4 Å². The Bertz CT molecular complexity index is 1080. The number of carbonyl (C=O) groups is 1. The van der Waals surface area contributed by atoms with Gasteiger partial charge < -0.3 is 10.1 Å². The van der Waals surface area contributed by atoms with Crippen molar-refractivity contribution in [2.24, 2.45) is 13.0 Å². The number of para-hydroxylation sites is 1. The molecule has 1 amide bonds. The zero-order valence-corrected chi connectivity index (χ0v) is 18.8. The van der Waals surface area contributed by atoms with E-state index in [2.05, 4.69) is 35.4 Å². The molecule has 4 rings (SSSR count). The number of hydrogen-bond donors (Lipinski definition) is 1. The van der Waals surface area contributed by atoms with E-state index in [9.17, 15) is 4.79 Å². The summed E-state index contributed by atoms with van der Waals surface area (Å²) >= 11 is 0. The van der Waals surface area contributed by atoms with Crippen molar-refractivity contribution in [3.63, 3.8) is 0 Å². The molecular formula is C24H31N5O2. The number of amides is 1. The number of pyridine rings is 1. The summed E-state index contributed by atoms with van der Waals surface area (Å²) in [4.78, 5) is 20.2. The highest BCUT2D eigenvalue weighted by molar-refractivity contribution is 6.06. The van der Waals surface area contributed by atoms with Gasteiger partial charge in [0.1, 0.15) is 6.10 Å². The third-order valence-corrected chi connectivity index (χ3v) is 5.64. The number of nitrogens with one attached hydrogen (secondary N) is 1. The van der Waals surface area contributed by atoms with Crippen molar-refractivity contribution in [2.45, 2.75) is 33.4 Å². The molecule has 1 N–H and O–H groups in total. The van der Waals surface area contributed by atoms with Gasteiger partial charge >= 0.3 is 0 Å². The highest BCUT2D eigenvalue weighted by Crippen LogP contribution is 2.27. The molecule has 31 heavy (non-hydrogen) atoms. The Balaban J connectivity index is 1.59. The fourth-order valence-electron chi connectivity index (χ4n) is 4.01. The SMILES string of the molecule is Cc1nn(C)cc1CN1CCO[C@H](c2cc(C(=O)NCC(C)C)c3ccccc3n2)C1. The molecule has 1 aliphatic rings. The molecule has 7 heteroatoms. The quantitative estimate of drug-likeness (QED) is 0.662. The average Bonchev–Trinajstić information content (AvgIpc) is 3.07. The number of benzene rings is 1. The van der Waals surface area contributed by atoms with Gasteiger partial charge in [-0.05, 0) is 25.0 Å². The molecule has 1 aromatic carbocycles. The molecule has 7 nitrogen and oxygen atoms in total. The minimum Gasteiger partial charge on any atom is -0.369 e. The normalized spacial score (nSPS) is 17.4. The molecule has 1 fully saturated rings. The molecule has 1 saturated heterocycles. The molecule has 1 aliphatic heterocycles. The first-order chi connectivity index (χ1) is 14.9. The number of nitrogens with zero attached hydrogens (tertiary/aromatic N) is 4. The molecule has 0 spiro atoms. The Morgan fingerprint density at radius 1 is 1.32 bits per heavy atom. The van der Waals surface area contributed by atoms with Crippen LogP contribution in [0.2, 0.25) is 0 Å². The first kappa shape index (κ1) is 21.5. The smallest absolute Gasteiger partial charge is 0.252 e. The zero-order valence-electron chi connectivity index (χ0n) is 18.8. The van der Waals surface area contributed by atoms with Gasteiger partial charge in [0.15, 0.2) is 0 Å². The van der Waals surface area contributed by atoms with E-state index in [4.69, 9.17) is 9.72 Å². The Morgan fingerprint density at radius 3 is 2.87 bits per heavy atom. The van der Waals surface area contributed by atoms with E-state index in [-0.39, 0.29) is 12.0 Å². The fourth-order valence-corrected chi connectivity index (χ4v) is 4.01. The van der Waals surface area contributed by atoms with Gasteiger partial charge in [-0.25, -0.2) is 4.98 Å². The number of hydrogen-bond acceptors (Lipinski definition) is 5. The van der Waals surface area contributed by atoms with Gasteiger partial charge in [-0.15, -0.1) is 0 Å². The molecule has 0 aliphatic carbocycles. The lowest BCUT2D eigenvalue weighted by Gasteiger charge is -2.32. The third-order valence-electron chi connectivity index (χ3n) is 5.64. The fraction of sp³-hybridized carbons (Fsp3) is 0.458. The molecule has 0 saturated carbocycles. The highest BCUT2D eigenvalue weighted by atomic mass is 16.5. The minimum atomic E-state index is -0.174. The monoisotopic (exact) mass is 421 g/mol. The summed E-state index contributed by atoms with van der Waals surface area (Å²) < 4.78 is 7.95. The van der Waals surface area contributed by atoms with Gasteiger partial charge in [0.25, 0.3) is 5.91 Å². The van der Waals surface area contributed by atoms with Gasteiger partial charge in [0.2, 0.25) is 0 Å². The van der Waals surface area contributed by atoms with Crippen molar-refractivity contribution >= 4 is 16.8 Å². The summed E-state index contributed by atoms with van der Waals surface area (Å²) in [5, 5.41) is 8.36. The second kappa shape index (κ2) is 9.16. The first-order valence-electron chi connectivity index (χ1n) is 10.9. The molecule has 3 aromatic rings. The Morgan fingerprint density at radius 2 is 2.13 bits per heavy atom. The summed E-state index contributed by atoms with van der Waals surface area (Å²) in [5.74, 6) is 0.329. The predicted octanol–water partition coefficient (Wildman–Crippen LogP) is 3.24. The third kappa shape index (κ3) is 4.94. The van der Waals surface area contributed by atoms with Crippen LogP contribution in [0.1, 0.15) is 47.3 Å². The predicted molar refractivity (Wildman–Crippen MR) is 121 cm³/mol. The van der Waals surface area contributed by atoms with E-state index in [0.29, 0.717) is 24.6 Å². The van der Waals surface area contributed by atoms with Gasteiger partial charge in [-0.3, -0.25) is 14.4 Å². The number of morpholine rings is 1. The van der Waals surface area contributed by atoms with Crippen LogP contribution < -0.4 is 5.32 Å². The largest absolute Gasteiger partial charge is 0.369 e. The van der Waals surface area contributed by atoms with Crippen molar-refractivity contribution in [1.29, 1.82) is 0 Å². The maximum Gasteiger partial charge on any atom is 0.252 e. The minimum absolute atomic E-state index is 0.0628. The van der Waals surface area contributed by atoms with Crippen molar-refractivity contribution in [3.8, 4) is 0 Å². The van der Waals surface area contributed by atoms with Gasteiger partial charge in [0.05, 0.1) is 29.1 Å². The second-order valence-electron chi connectivity index (χ2n) is 8.72. The van der Waals surface area contributed by atoms with Crippen LogP contribution in [0.5, 0.6) is 0 Å². The average molecular weight is 422 g/mol. The van der Waals surface area contributed by atoms with Crippen LogP contribution in [0.25, 0.3) is 10.9 Å². The molecule has 0 bridgehead atoms. The summed E-state index contributed by atoms with van der Waals surface area (Å²) in [6, 6.07) is 9.71. The van der Waals surface area contributed by atoms with Crippen LogP contribution >= 0.6 is 0 Å². The maximum absolute atomic E-state index is 12.9. The lowest BCUT2D eigenvalue weighted by Crippen LogP contribution is -2.38. The van der Waals surface area contributed by atoms with E-state index in [1.807, 2.05) is 49.0 Å². The molecule has 164 valence electrons. The van der Waals surface area contributed by atoms with Crippen molar-refractivity contribution in [2.75, 3.05) is 26.2 Å². The summed E-state index contributed by atoms with van der Waals surface area (Å²) in [6.45, 7) is 9.91.